The number of fused-ring (bicyclic) bond motifs is 3. The lowest BCUT2D eigenvalue weighted by atomic mass is 9.50. The molecular formula is C19H26O2. The Labute approximate surface area is 127 Å². The summed E-state index contributed by atoms with van der Waals surface area (Å²) in [5.41, 5.74) is 4.58. The van der Waals surface area contributed by atoms with Crippen molar-refractivity contribution in [1.82, 2.24) is 0 Å². The molecule has 1 fully saturated rings. The molecule has 3 rings (SSSR count). The normalized spacial score (nSPS) is 30.2. The molecule has 0 aromatic heterocycles. The second-order valence-electron chi connectivity index (χ2n) is 7.84. The van der Waals surface area contributed by atoms with E-state index in [2.05, 4.69) is 32.9 Å². The minimum atomic E-state index is 0.226. The first kappa shape index (κ1) is 14.6. The molecule has 0 N–H and O–H groups in total. The molecule has 0 saturated heterocycles. The average Bonchev–Trinajstić information content (AvgIpc) is 2.39. The molecular weight excluding hydrogens is 260 g/mol. The Kier molecular flexibility index (Phi) is 3.38. The van der Waals surface area contributed by atoms with Crippen LogP contribution in [0, 0.1) is 18.3 Å². The maximum atomic E-state index is 10.7. The highest BCUT2D eigenvalue weighted by atomic mass is 16.5. The third-order valence-electron chi connectivity index (χ3n) is 6.12. The molecule has 21 heavy (non-hydrogen) atoms. The van der Waals surface area contributed by atoms with E-state index in [0.717, 1.165) is 23.7 Å². The molecule has 0 amide bonds. The van der Waals surface area contributed by atoms with Crippen LogP contribution in [0.1, 0.15) is 63.1 Å². The highest BCUT2D eigenvalue weighted by Gasteiger charge is 2.49. The number of carbonyl (C=O) groups excluding carboxylic acids is 1. The van der Waals surface area contributed by atoms with Crippen molar-refractivity contribution in [1.29, 1.82) is 0 Å². The summed E-state index contributed by atoms with van der Waals surface area (Å²) in [5, 5.41) is 0. The highest BCUT2D eigenvalue weighted by molar-refractivity contribution is 5.53. The van der Waals surface area contributed by atoms with Crippen LogP contribution in [0.15, 0.2) is 12.1 Å². The van der Waals surface area contributed by atoms with Crippen LogP contribution in [0.25, 0.3) is 0 Å². The SMILES string of the molecule is Cc1cc2c(cc1OC=O)[C@@]1(C)CCCC(C)(C)[C@@H]1CC2. The molecule has 0 unspecified atom stereocenters. The molecule has 1 saturated carbocycles. The number of carbonyl (C=O) groups is 1. The fourth-order valence-corrected chi connectivity index (χ4v) is 5.12. The van der Waals surface area contributed by atoms with Crippen LogP contribution in [-0.4, -0.2) is 6.47 Å². The van der Waals surface area contributed by atoms with Gasteiger partial charge in [-0.25, -0.2) is 0 Å². The van der Waals surface area contributed by atoms with E-state index in [1.54, 1.807) is 0 Å². The van der Waals surface area contributed by atoms with Crippen LogP contribution in [0.4, 0.5) is 0 Å². The molecule has 0 bridgehead atoms. The summed E-state index contributed by atoms with van der Waals surface area (Å²) in [5.74, 6) is 1.45. The zero-order chi connectivity index (χ0) is 15.3. The van der Waals surface area contributed by atoms with Crippen molar-refractivity contribution in [3.05, 3.63) is 28.8 Å². The summed E-state index contributed by atoms with van der Waals surface area (Å²) >= 11 is 0. The van der Waals surface area contributed by atoms with Crippen LogP contribution < -0.4 is 4.74 Å². The van der Waals surface area contributed by atoms with E-state index in [1.165, 1.54) is 36.8 Å². The standard InChI is InChI=1S/C19H26O2/c1-13-10-14-6-7-17-18(2,3)8-5-9-19(17,4)15(14)11-16(13)21-12-20/h10-12,17H,5-9H2,1-4H3/t17-,19+/m0/s1. The van der Waals surface area contributed by atoms with Crippen molar-refractivity contribution in [2.24, 2.45) is 11.3 Å². The lowest BCUT2D eigenvalue weighted by Crippen LogP contribution is -2.47. The lowest BCUT2D eigenvalue weighted by Gasteiger charge is -2.54. The van der Waals surface area contributed by atoms with E-state index in [4.69, 9.17) is 4.74 Å². The molecule has 0 spiro atoms. The van der Waals surface area contributed by atoms with E-state index in [1.807, 2.05) is 6.92 Å². The Morgan fingerprint density at radius 2 is 2.00 bits per heavy atom. The summed E-state index contributed by atoms with van der Waals surface area (Å²) in [6.45, 7) is 9.85. The van der Waals surface area contributed by atoms with E-state index >= 15 is 0 Å². The quantitative estimate of drug-likeness (QED) is 0.745. The molecule has 114 valence electrons. The summed E-state index contributed by atoms with van der Waals surface area (Å²) in [4.78, 5) is 10.7. The summed E-state index contributed by atoms with van der Waals surface area (Å²) in [6, 6.07) is 4.38. The second kappa shape index (κ2) is 4.86. The van der Waals surface area contributed by atoms with Gasteiger partial charge < -0.3 is 4.74 Å². The molecule has 2 heteroatoms. The van der Waals surface area contributed by atoms with Gasteiger partial charge in [-0.05, 0) is 72.1 Å². The third-order valence-corrected chi connectivity index (χ3v) is 6.12. The van der Waals surface area contributed by atoms with Gasteiger partial charge in [0.2, 0.25) is 0 Å². The van der Waals surface area contributed by atoms with Crippen molar-refractivity contribution in [2.75, 3.05) is 0 Å². The van der Waals surface area contributed by atoms with E-state index in [9.17, 15) is 4.79 Å². The minimum absolute atomic E-state index is 0.226. The largest absolute Gasteiger partial charge is 0.428 e. The maximum absolute atomic E-state index is 10.7. The second-order valence-corrected chi connectivity index (χ2v) is 7.84. The molecule has 2 atom stereocenters. The van der Waals surface area contributed by atoms with Crippen LogP contribution >= 0.6 is 0 Å². The molecule has 0 radical (unpaired) electrons. The molecule has 0 heterocycles. The zero-order valence-corrected chi connectivity index (χ0v) is 13.7. The van der Waals surface area contributed by atoms with Gasteiger partial charge in [0.05, 0.1) is 0 Å². The predicted octanol–water partition coefficient (Wildman–Crippen LogP) is 4.56. The van der Waals surface area contributed by atoms with Gasteiger partial charge in [-0.3, -0.25) is 4.79 Å². The number of rotatable bonds is 2. The van der Waals surface area contributed by atoms with Crippen LogP contribution in [0.3, 0.4) is 0 Å². The van der Waals surface area contributed by atoms with Crippen LogP contribution in [-0.2, 0) is 16.6 Å². The third kappa shape index (κ3) is 2.20. The summed E-state index contributed by atoms with van der Waals surface area (Å²) in [6.07, 6.45) is 6.30. The van der Waals surface area contributed by atoms with E-state index < -0.39 is 0 Å². The van der Waals surface area contributed by atoms with Crippen molar-refractivity contribution >= 4 is 6.47 Å². The number of ether oxygens (including phenoxy) is 1. The van der Waals surface area contributed by atoms with Crippen LogP contribution in [0.2, 0.25) is 0 Å². The molecule has 2 nitrogen and oxygen atoms in total. The minimum Gasteiger partial charge on any atom is -0.428 e. The summed E-state index contributed by atoms with van der Waals surface area (Å²) < 4.78 is 5.20. The predicted molar refractivity (Wildman–Crippen MR) is 84.7 cm³/mol. The van der Waals surface area contributed by atoms with Crippen molar-refractivity contribution in [2.45, 2.75) is 65.2 Å². The first-order valence-electron chi connectivity index (χ1n) is 8.13. The lowest BCUT2D eigenvalue weighted by molar-refractivity contribution is -0.120. The van der Waals surface area contributed by atoms with Gasteiger partial charge in [0, 0.05) is 0 Å². The van der Waals surface area contributed by atoms with Gasteiger partial charge in [-0.2, -0.15) is 0 Å². The van der Waals surface area contributed by atoms with Crippen LogP contribution in [0.5, 0.6) is 5.75 Å². The molecule has 2 aliphatic carbocycles. The molecule has 2 aliphatic rings. The molecule has 1 aromatic carbocycles. The van der Waals surface area contributed by atoms with Gasteiger partial charge in [0.25, 0.3) is 6.47 Å². The highest BCUT2D eigenvalue weighted by Crippen LogP contribution is 2.57. The monoisotopic (exact) mass is 286 g/mol. The fourth-order valence-electron chi connectivity index (χ4n) is 5.12. The zero-order valence-electron chi connectivity index (χ0n) is 13.7. The fraction of sp³-hybridized carbons (Fsp3) is 0.632. The Bertz CT molecular complexity index is 573. The Morgan fingerprint density at radius 3 is 2.71 bits per heavy atom. The Balaban J connectivity index is 2.12. The van der Waals surface area contributed by atoms with Gasteiger partial charge in [0.15, 0.2) is 0 Å². The smallest absolute Gasteiger partial charge is 0.298 e. The molecule has 1 aromatic rings. The van der Waals surface area contributed by atoms with Crippen molar-refractivity contribution in [3.63, 3.8) is 0 Å². The molecule has 0 aliphatic heterocycles. The van der Waals surface area contributed by atoms with Crippen molar-refractivity contribution < 1.29 is 9.53 Å². The van der Waals surface area contributed by atoms with E-state index in [-0.39, 0.29) is 5.41 Å². The Hall–Kier alpha value is -1.31. The first-order chi connectivity index (χ1) is 9.88. The van der Waals surface area contributed by atoms with Gasteiger partial charge in [-0.15, -0.1) is 0 Å². The topological polar surface area (TPSA) is 26.3 Å². The number of hydrogen-bond donors (Lipinski definition) is 0. The number of aryl methyl sites for hydroxylation is 2. The average molecular weight is 286 g/mol. The van der Waals surface area contributed by atoms with Gasteiger partial charge >= 0.3 is 0 Å². The number of benzene rings is 1. The van der Waals surface area contributed by atoms with Crippen molar-refractivity contribution in [3.8, 4) is 5.75 Å². The number of hydrogen-bond acceptors (Lipinski definition) is 2. The van der Waals surface area contributed by atoms with Gasteiger partial charge in [-0.1, -0.05) is 33.3 Å². The Morgan fingerprint density at radius 1 is 1.24 bits per heavy atom. The summed E-state index contributed by atoms with van der Waals surface area (Å²) in [7, 11) is 0. The maximum Gasteiger partial charge on any atom is 0.298 e. The van der Waals surface area contributed by atoms with Gasteiger partial charge in [0.1, 0.15) is 5.75 Å². The van der Waals surface area contributed by atoms with E-state index in [0.29, 0.717) is 11.9 Å². The first-order valence-corrected chi connectivity index (χ1v) is 8.13.